The molecule has 0 bridgehead atoms. The largest absolute Gasteiger partial charge is 0.444 e. The number of aromatic nitrogens is 4. The third-order valence-corrected chi connectivity index (χ3v) is 5.34. The number of nitrogens with two attached hydrogens (primary N) is 2. The number of aliphatic imine (C=N–C) groups is 1. The lowest BCUT2D eigenvalue weighted by Gasteiger charge is -2.32. The molecule has 1 amide bonds. The summed E-state index contributed by atoms with van der Waals surface area (Å²) in [5.74, 6) is 0.471. The zero-order chi connectivity index (χ0) is 26.0. The molecule has 0 unspecified atom stereocenters. The molecule has 2 aromatic rings. The fourth-order valence-electron chi connectivity index (χ4n) is 3.38. The highest BCUT2D eigenvalue weighted by Crippen LogP contribution is 2.26. The first-order valence-corrected chi connectivity index (χ1v) is 11.5. The average Bonchev–Trinajstić information content (AvgIpc) is 3.27. The number of hydrogen-bond acceptors (Lipinski definition) is 10. The van der Waals surface area contributed by atoms with E-state index in [0.717, 1.165) is 0 Å². The number of ether oxygens (including phenoxy) is 1. The Labute approximate surface area is 204 Å². The molecule has 1 fully saturated rings. The van der Waals surface area contributed by atoms with Crippen molar-refractivity contribution in [3.8, 4) is 11.6 Å². The van der Waals surface area contributed by atoms with E-state index in [4.69, 9.17) is 20.6 Å². The molecule has 0 spiro atoms. The van der Waals surface area contributed by atoms with Crippen molar-refractivity contribution in [1.29, 1.82) is 0 Å². The number of amides is 1. The number of Topliss-reactive ketones (excluding diaryl/α,β-unsaturated/α-hetero) is 1. The summed E-state index contributed by atoms with van der Waals surface area (Å²) in [6, 6.07) is 0. The first kappa shape index (κ1) is 26.0. The molecule has 0 aromatic carbocycles. The van der Waals surface area contributed by atoms with Crippen LogP contribution in [0.1, 0.15) is 66.0 Å². The van der Waals surface area contributed by atoms with Crippen LogP contribution in [0.15, 0.2) is 15.6 Å². The number of anilines is 1. The molecule has 0 atom stereocenters. The number of hydrogen-bond donors (Lipinski definition) is 2. The Morgan fingerprint density at radius 3 is 2.40 bits per heavy atom. The molecule has 0 saturated carbocycles. The second-order valence-corrected chi connectivity index (χ2v) is 10.6. The third-order valence-electron chi connectivity index (χ3n) is 5.34. The molecule has 190 valence electrons. The Bertz CT molecular complexity index is 1110. The van der Waals surface area contributed by atoms with Gasteiger partial charge in [-0.2, -0.15) is 0 Å². The molecule has 3 rings (SSSR count). The first-order valence-electron chi connectivity index (χ1n) is 11.5. The Morgan fingerprint density at radius 2 is 1.83 bits per heavy atom. The monoisotopic (exact) mass is 486 g/mol. The molecule has 1 aliphatic heterocycles. The van der Waals surface area contributed by atoms with Crippen molar-refractivity contribution in [2.75, 3.05) is 25.4 Å². The molecule has 35 heavy (non-hydrogen) atoms. The predicted octanol–water partition coefficient (Wildman–Crippen LogP) is 2.33. The van der Waals surface area contributed by atoms with Gasteiger partial charge in [-0.1, -0.05) is 20.8 Å². The van der Waals surface area contributed by atoms with Gasteiger partial charge in [0, 0.05) is 24.4 Å². The fraction of sp³-hybridized carbons (Fsp3) is 0.609. The third kappa shape index (κ3) is 6.74. The van der Waals surface area contributed by atoms with E-state index >= 15 is 0 Å². The van der Waals surface area contributed by atoms with Crippen molar-refractivity contribution in [2.24, 2.45) is 16.6 Å². The zero-order valence-electron chi connectivity index (χ0n) is 21.2. The van der Waals surface area contributed by atoms with E-state index in [1.54, 1.807) is 4.90 Å². The lowest BCUT2D eigenvalue weighted by Crippen LogP contribution is -2.43. The van der Waals surface area contributed by atoms with Crippen LogP contribution in [0.2, 0.25) is 0 Å². The van der Waals surface area contributed by atoms with Gasteiger partial charge in [0.25, 0.3) is 5.89 Å². The summed E-state index contributed by atoms with van der Waals surface area (Å²) in [6.45, 7) is 12.1. The van der Waals surface area contributed by atoms with Crippen molar-refractivity contribution in [3.05, 3.63) is 17.8 Å². The molecular formula is C23H34N8O4. The van der Waals surface area contributed by atoms with Crippen LogP contribution >= 0.6 is 0 Å². The zero-order valence-corrected chi connectivity index (χ0v) is 21.2. The van der Waals surface area contributed by atoms with Gasteiger partial charge in [-0.15, -0.1) is 10.2 Å². The number of carbonyl (C=O) groups is 2. The maximum Gasteiger partial charge on any atom is 0.410 e. The van der Waals surface area contributed by atoms with E-state index in [2.05, 4.69) is 25.2 Å². The van der Waals surface area contributed by atoms with E-state index in [1.165, 1.54) is 6.20 Å². The summed E-state index contributed by atoms with van der Waals surface area (Å²) in [5.41, 5.74) is 11.6. The van der Waals surface area contributed by atoms with E-state index in [1.807, 2.05) is 41.5 Å². The van der Waals surface area contributed by atoms with Gasteiger partial charge in [0.1, 0.15) is 23.7 Å². The molecule has 2 aromatic heterocycles. The Hall–Kier alpha value is -3.57. The quantitative estimate of drug-likeness (QED) is 0.471. The van der Waals surface area contributed by atoms with Crippen molar-refractivity contribution >= 4 is 23.5 Å². The lowest BCUT2D eigenvalue weighted by atomic mass is 9.92. The normalized spacial score (nSPS) is 15.8. The standard InChI is InChI=1S/C23H34N8O4/c1-22(2,3)20-30-29-19(34-20)16-18(25)26-11-14(28-16)17(24)27-12-15(32)13-7-9-31(10-8-13)21(33)35-23(4,5)6/h11,13H,7-10,12H2,1-6H3,(H2,24,27)(H2,25,26). The molecule has 1 aliphatic rings. The molecule has 12 heteroatoms. The molecule has 1 saturated heterocycles. The van der Waals surface area contributed by atoms with Crippen LogP contribution in [0, 0.1) is 5.92 Å². The summed E-state index contributed by atoms with van der Waals surface area (Å²) >= 11 is 0. The molecule has 12 nitrogen and oxygen atoms in total. The van der Waals surface area contributed by atoms with Gasteiger partial charge in [0.15, 0.2) is 17.3 Å². The number of ketones is 1. The van der Waals surface area contributed by atoms with Crippen LogP contribution < -0.4 is 11.5 Å². The summed E-state index contributed by atoms with van der Waals surface area (Å²) in [5, 5.41) is 8.06. The molecule has 0 radical (unpaired) electrons. The number of rotatable bonds is 5. The summed E-state index contributed by atoms with van der Waals surface area (Å²) in [6.07, 6.45) is 2.11. The van der Waals surface area contributed by atoms with Crippen LogP contribution in [0.5, 0.6) is 0 Å². The van der Waals surface area contributed by atoms with Gasteiger partial charge in [0.2, 0.25) is 5.89 Å². The van der Waals surface area contributed by atoms with Crippen LogP contribution in [-0.2, 0) is 14.9 Å². The highest BCUT2D eigenvalue weighted by Gasteiger charge is 2.30. The van der Waals surface area contributed by atoms with Gasteiger partial charge in [-0.3, -0.25) is 9.79 Å². The first-order chi connectivity index (χ1) is 16.2. The van der Waals surface area contributed by atoms with E-state index in [0.29, 0.717) is 31.8 Å². The lowest BCUT2D eigenvalue weighted by molar-refractivity contribution is -0.122. The molecule has 4 N–H and O–H groups in total. The van der Waals surface area contributed by atoms with Gasteiger partial charge >= 0.3 is 6.09 Å². The number of carbonyl (C=O) groups excluding carboxylic acids is 2. The smallest absolute Gasteiger partial charge is 0.410 e. The Balaban J connectivity index is 1.62. The van der Waals surface area contributed by atoms with Gasteiger partial charge < -0.3 is 25.5 Å². The minimum Gasteiger partial charge on any atom is -0.444 e. The van der Waals surface area contributed by atoms with Crippen molar-refractivity contribution in [1.82, 2.24) is 25.1 Å². The topological polar surface area (TPSA) is 176 Å². The number of piperidine rings is 1. The number of nitrogens with zero attached hydrogens (tertiary/aromatic N) is 6. The fourth-order valence-corrected chi connectivity index (χ4v) is 3.38. The maximum absolute atomic E-state index is 12.7. The second-order valence-electron chi connectivity index (χ2n) is 10.6. The molecular weight excluding hydrogens is 452 g/mol. The number of nitrogen functional groups attached to an aromatic ring is 1. The van der Waals surface area contributed by atoms with E-state index in [9.17, 15) is 9.59 Å². The molecule has 0 aliphatic carbocycles. The highest BCUT2D eigenvalue weighted by atomic mass is 16.6. The highest BCUT2D eigenvalue weighted by molar-refractivity contribution is 5.97. The average molecular weight is 487 g/mol. The van der Waals surface area contributed by atoms with Gasteiger partial charge in [0.05, 0.1) is 6.20 Å². The maximum atomic E-state index is 12.7. The number of amidine groups is 1. The summed E-state index contributed by atoms with van der Waals surface area (Å²) in [4.78, 5) is 39.2. The van der Waals surface area contributed by atoms with Crippen molar-refractivity contribution < 1.29 is 18.7 Å². The van der Waals surface area contributed by atoms with Gasteiger partial charge in [-0.25, -0.2) is 14.8 Å². The summed E-state index contributed by atoms with van der Waals surface area (Å²) in [7, 11) is 0. The molecule has 3 heterocycles. The van der Waals surface area contributed by atoms with Crippen LogP contribution in [-0.4, -0.2) is 68.0 Å². The van der Waals surface area contributed by atoms with Crippen LogP contribution in [0.4, 0.5) is 10.6 Å². The van der Waals surface area contributed by atoms with Crippen LogP contribution in [0.3, 0.4) is 0 Å². The predicted molar refractivity (Wildman–Crippen MR) is 130 cm³/mol. The number of likely N-dealkylation sites (tertiary alicyclic amines) is 1. The second kappa shape index (κ2) is 9.96. The Kier molecular flexibility index (Phi) is 7.41. The van der Waals surface area contributed by atoms with Crippen molar-refractivity contribution in [2.45, 2.75) is 65.4 Å². The minimum atomic E-state index is -0.556. The van der Waals surface area contributed by atoms with E-state index in [-0.39, 0.29) is 58.7 Å². The van der Waals surface area contributed by atoms with E-state index < -0.39 is 5.60 Å². The SMILES string of the molecule is CC(C)(C)OC(=O)N1CCC(C(=O)CN=C(N)c2cnc(N)c(-c3nnc(C(C)(C)C)o3)n2)CC1. The minimum absolute atomic E-state index is 0.0489. The van der Waals surface area contributed by atoms with Gasteiger partial charge in [-0.05, 0) is 33.6 Å². The summed E-state index contributed by atoms with van der Waals surface area (Å²) < 4.78 is 11.1. The van der Waals surface area contributed by atoms with Crippen LogP contribution in [0.25, 0.3) is 11.6 Å². The van der Waals surface area contributed by atoms with Crippen molar-refractivity contribution in [3.63, 3.8) is 0 Å². The Morgan fingerprint density at radius 1 is 1.17 bits per heavy atom.